The Morgan fingerprint density at radius 1 is 1.31 bits per heavy atom. The Bertz CT molecular complexity index is 172. The van der Waals surface area contributed by atoms with E-state index < -0.39 is 17.9 Å². The summed E-state index contributed by atoms with van der Waals surface area (Å²) in [7, 11) is 0. The summed E-state index contributed by atoms with van der Waals surface area (Å²) < 4.78 is 0. The van der Waals surface area contributed by atoms with Gasteiger partial charge in [0.2, 0.25) is 0 Å². The predicted molar refractivity (Wildman–Crippen MR) is 43.9 cm³/mol. The van der Waals surface area contributed by atoms with Gasteiger partial charge in [-0.25, -0.2) is 0 Å². The van der Waals surface area contributed by atoms with E-state index in [0.29, 0.717) is 6.42 Å². The minimum Gasteiger partial charge on any atom is -1.00 e. The van der Waals surface area contributed by atoms with Crippen molar-refractivity contribution in [3.63, 3.8) is 0 Å². The molecule has 13 heavy (non-hydrogen) atoms. The summed E-state index contributed by atoms with van der Waals surface area (Å²) in [4.78, 5) is 21.0. The van der Waals surface area contributed by atoms with Crippen LogP contribution in [0.3, 0.4) is 0 Å². The van der Waals surface area contributed by atoms with E-state index in [2.05, 4.69) is 0 Å². The second-order valence-electron chi connectivity index (χ2n) is 2.92. The average molecular weight is 198 g/mol. The smallest absolute Gasteiger partial charge is 1.00 e. The fourth-order valence-corrected chi connectivity index (χ4v) is 1.21. The zero-order chi connectivity index (χ0) is 9.72. The third kappa shape index (κ3) is 5.29. The SMILES string of the molecule is CCCC(C)C(C(=O)O)C(=O)O.[H-].[Na+]. The van der Waals surface area contributed by atoms with Gasteiger partial charge in [0.1, 0.15) is 0 Å². The Morgan fingerprint density at radius 2 is 1.69 bits per heavy atom. The van der Waals surface area contributed by atoms with E-state index in [1.165, 1.54) is 0 Å². The first-order valence-corrected chi connectivity index (χ1v) is 3.96. The van der Waals surface area contributed by atoms with Gasteiger partial charge in [0, 0.05) is 0 Å². The molecule has 0 spiro atoms. The molecule has 0 radical (unpaired) electrons. The van der Waals surface area contributed by atoms with Crippen molar-refractivity contribution >= 4 is 11.9 Å². The van der Waals surface area contributed by atoms with Crippen LogP contribution in [-0.4, -0.2) is 22.2 Å². The van der Waals surface area contributed by atoms with E-state index in [1.807, 2.05) is 6.92 Å². The van der Waals surface area contributed by atoms with Gasteiger partial charge in [0.05, 0.1) is 0 Å². The van der Waals surface area contributed by atoms with Crippen LogP contribution in [0.25, 0.3) is 0 Å². The summed E-state index contributed by atoms with van der Waals surface area (Å²) in [5, 5.41) is 17.1. The summed E-state index contributed by atoms with van der Waals surface area (Å²) >= 11 is 0. The van der Waals surface area contributed by atoms with Crippen molar-refractivity contribution in [3.8, 4) is 0 Å². The zero-order valence-electron chi connectivity index (χ0n) is 9.28. The fourth-order valence-electron chi connectivity index (χ4n) is 1.21. The third-order valence-corrected chi connectivity index (χ3v) is 1.85. The van der Waals surface area contributed by atoms with Crippen LogP contribution in [0.2, 0.25) is 0 Å². The van der Waals surface area contributed by atoms with Crippen molar-refractivity contribution in [3.05, 3.63) is 0 Å². The molecule has 0 bridgehead atoms. The van der Waals surface area contributed by atoms with Gasteiger partial charge >= 0.3 is 41.5 Å². The molecule has 1 atom stereocenters. The molecule has 0 aromatic carbocycles. The number of aliphatic carboxylic acids is 2. The van der Waals surface area contributed by atoms with Crippen molar-refractivity contribution in [2.75, 3.05) is 0 Å². The molecular formula is C8H15NaO4. The predicted octanol–water partition coefficient (Wildman–Crippen LogP) is -1.68. The fraction of sp³-hybridized carbons (Fsp3) is 0.750. The molecule has 0 aliphatic carbocycles. The van der Waals surface area contributed by atoms with Crippen LogP contribution >= 0.6 is 0 Å². The second kappa shape index (κ2) is 7.35. The Labute approximate surface area is 101 Å². The molecule has 5 heteroatoms. The molecule has 0 heterocycles. The third-order valence-electron chi connectivity index (χ3n) is 1.85. The van der Waals surface area contributed by atoms with Gasteiger partial charge in [0.25, 0.3) is 0 Å². The van der Waals surface area contributed by atoms with Crippen molar-refractivity contribution in [1.29, 1.82) is 0 Å². The van der Waals surface area contributed by atoms with E-state index >= 15 is 0 Å². The van der Waals surface area contributed by atoms with Crippen LogP contribution in [0, 0.1) is 11.8 Å². The Hall–Kier alpha value is -0.0600. The topological polar surface area (TPSA) is 74.6 Å². The maximum atomic E-state index is 10.5. The quantitative estimate of drug-likeness (QED) is 0.409. The molecule has 0 fully saturated rings. The Balaban J connectivity index is -0.000000605. The summed E-state index contributed by atoms with van der Waals surface area (Å²) in [5.74, 6) is -4.05. The van der Waals surface area contributed by atoms with Crippen LogP contribution in [0.4, 0.5) is 0 Å². The van der Waals surface area contributed by atoms with E-state index in [-0.39, 0.29) is 36.9 Å². The van der Waals surface area contributed by atoms with Gasteiger partial charge in [-0.3, -0.25) is 9.59 Å². The van der Waals surface area contributed by atoms with Crippen LogP contribution in [0.5, 0.6) is 0 Å². The van der Waals surface area contributed by atoms with E-state index in [9.17, 15) is 9.59 Å². The molecule has 0 saturated heterocycles. The van der Waals surface area contributed by atoms with E-state index in [1.54, 1.807) is 6.92 Å². The molecule has 0 aromatic heterocycles. The normalized spacial score (nSPS) is 11.9. The van der Waals surface area contributed by atoms with Gasteiger partial charge in [-0.15, -0.1) is 0 Å². The average Bonchev–Trinajstić information content (AvgIpc) is 1.85. The first-order chi connectivity index (χ1) is 5.50. The van der Waals surface area contributed by atoms with Gasteiger partial charge < -0.3 is 11.6 Å². The van der Waals surface area contributed by atoms with Gasteiger partial charge in [-0.05, 0) is 12.3 Å². The van der Waals surface area contributed by atoms with Gasteiger partial charge in [-0.2, -0.15) is 0 Å². The molecule has 2 N–H and O–H groups in total. The maximum Gasteiger partial charge on any atom is 1.00 e. The largest absolute Gasteiger partial charge is 1.00 e. The number of hydrogen-bond acceptors (Lipinski definition) is 2. The van der Waals surface area contributed by atoms with Crippen molar-refractivity contribution in [1.82, 2.24) is 0 Å². The summed E-state index contributed by atoms with van der Waals surface area (Å²) in [6.07, 6.45) is 1.43. The monoisotopic (exact) mass is 198 g/mol. The van der Waals surface area contributed by atoms with E-state index in [4.69, 9.17) is 10.2 Å². The molecule has 4 nitrogen and oxygen atoms in total. The van der Waals surface area contributed by atoms with Gasteiger partial charge in [0.15, 0.2) is 5.92 Å². The number of carboxylic acids is 2. The molecular weight excluding hydrogens is 183 g/mol. The molecule has 0 saturated carbocycles. The first-order valence-electron chi connectivity index (χ1n) is 3.96. The van der Waals surface area contributed by atoms with Gasteiger partial charge in [-0.1, -0.05) is 20.3 Å². The minimum atomic E-state index is -1.26. The van der Waals surface area contributed by atoms with Crippen LogP contribution < -0.4 is 29.6 Å². The van der Waals surface area contributed by atoms with Crippen LogP contribution in [0.1, 0.15) is 28.1 Å². The Kier molecular flexibility index (Phi) is 8.72. The number of carboxylic acid groups (broad SMARTS) is 2. The van der Waals surface area contributed by atoms with E-state index in [0.717, 1.165) is 6.42 Å². The summed E-state index contributed by atoms with van der Waals surface area (Å²) in [6.45, 7) is 3.55. The maximum absolute atomic E-state index is 10.5. The molecule has 0 aromatic rings. The van der Waals surface area contributed by atoms with Crippen LogP contribution in [-0.2, 0) is 9.59 Å². The molecule has 0 rings (SSSR count). The number of hydrogen-bond donors (Lipinski definition) is 2. The van der Waals surface area contributed by atoms with Crippen molar-refractivity contribution < 1.29 is 50.8 Å². The first kappa shape index (κ1) is 15.4. The second-order valence-corrected chi connectivity index (χ2v) is 2.92. The van der Waals surface area contributed by atoms with Crippen molar-refractivity contribution in [2.24, 2.45) is 11.8 Å². The molecule has 72 valence electrons. The molecule has 0 aliphatic heterocycles. The molecule has 0 aliphatic rings. The van der Waals surface area contributed by atoms with Crippen LogP contribution in [0.15, 0.2) is 0 Å². The summed E-state index contributed by atoms with van der Waals surface area (Å²) in [6, 6.07) is 0. The zero-order valence-corrected chi connectivity index (χ0v) is 10.3. The number of carbonyl (C=O) groups is 2. The number of rotatable bonds is 5. The van der Waals surface area contributed by atoms with Crippen molar-refractivity contribution in [2.45, 2.75) is 26.7 Å². The standard InChI is InChI=1S/C8H14O4.Na.H/c1-3-4-5(2)6(7(9)10)8(11)12;;/h5-6H,3-4H2,1-2H3,(H,9,10)(H,11,12);;/q;+1;-1. The summed E-state index contributed by atoms with van der Waals surface area (Å²) in [5.41, 5.74) is 0. The molecule has 0 amide bonds. The molecule has 1 unspecified atom stereocenters. The minimum absolute atomic E-state index is 0. The Morgan fingerprint density at radius 3 is 1.92 bits per heavy atom.